The van der Waals surface area contributed by atoms with Crippen LogP contribution in [0.5, 0.6) is 0 Å². The Morgan fingerprint density at radius 3 is 3.10 bits per heavy atom. The maximum Gasteiger partial charge on any atom is 0.0907 e. The van der Waals surface area contributed by atoms with Crippen LogP contribution in [0.1, 0.15) is 5.56 Å². The lowest BCUT2D eigenvalue weighted by atomic mass is 10.2. The van der Waals surface area contributed by atoms with Gasteiger partial charge in [-0.3, -0.25) is 10.3 Å². The summed E-state index contributed by atoms with van der Waals surface area (Å²) in [4.78, 5) is 3.91. The first-order chi connectivity index (χ1) is 4.88. The average Bonchev–Trinajstić information content (AvgIpc) is 2.34. The molecular formula is C7H6N3. The van der Waals surface area contributed by atoms with Crippen LogP contribution in [0, 0.1) is 0 Å². The fraction of sp³-hybridized carbons (Fsp3) is 0. The summed E-state index contributed by atoms with van der Waals surface area (Å²) in [7, 11) is 0. The predicted molar refractivity (Wildman–Crippen MR) is 38.2 cm³/mol. The van der Waals surface area contributed by atoms with Crippen LogP contribution < -0.4 is 11.1 Å². The van der Waals surface area contributed by atoms with Crippen LogP contribution in [0.25, 0.3) is 5.70 Å². The summed E-state index contributed by atoms with van der Waals surface area (Å²) in [5.74, 6) is 0. The van der Waals surface area contributed by atoms with E-state index in [2.05, 4.69) is 10.3 Å². The van der Waals surface area contributed by atoms with E-state index < -0.39 is 0 Å². The Morgan fingerprint density at radius 2 is 2.30 bits per heavy atom. The second-order valence-electron chi connectivity index (χ2n) is 2.11. The van der Waals surface area contributed by atoms with E-state index in [9.17, 15) is 0 Å². The molecule has 0 saturated carbocycles. The highest BCUT2D eigenvalue weighted by Crippen LogP contribution is 2.24. The van der Waals surface area contributed by atoms with Gasteiger partial charge in [-0.1, -0.05) is 0 Å². The first kappa shape index (κ1) is 5.29. The van der Waals surface area contributed by atoms with Crippen molar-refractivity contribution >= 4 is 11.4 Å². The third kappa shape index (κ3) is 0.572. The number of rotatable bonds is 0. The highest BCUT2D eigenvalue weighted by molar-refractivity contribution is 5.76. The van der Waals surface area contributed by atoms with Crippen molar-refractivity contribution in [2.75, 3.05) is 0 Å². The Bertz CT molecular complexity index is 291. The molecule has 1 aliphatic rings. The lowest BCUT2D eigenvalue weighted by molar-refractivity contribution is 1.17. The van der Waals surface area contributed by atoms with Crippen molar-refractivity contribution in [1.82, 2.24) is 10.3 Å². The lowest BCUT2D eigenvalue weighted by Gasteiger charge is -1.94. The van der Waals surface area contributed by atoms with E-state index in [1.165, 1.54) is 0 Å². The summed E-state index contributed by atoms with van der Waals surface area (Å²) in [5.41, 5.74) is 8.15. The Kier molecular flexibility index (Phi) is 0.917. The van der Waals surface area contributed by atoms with Gasteiger partial charge in [-0.15, -0.1) is 0 Å². The number of hydrogen-bond donors (Lipinski definition) is 1. The number of fused-ring (bicyclic) bond motifs is 1. The van der Waals surface area contributed by atoms with Crippen LogP contribution in [0.15, 0.2) is 24.7 Å². The molecule has 0 unspecified atom stereocenters. The standard InChI is InChI=1S/C7H6N3/c8-6-3-10-7-4-9-2-1-5(6)7/h1-4H,8H2. The summed E-state index contributed by atoms with van der Waals surface area (Å²) in [6.07, 6.45) is 5.05. The van der Waals surface area contributed by atoms with Crippen molar-refractivity contribution in [1.29, 1.82) is 0 Å². The van der Waals surface area contributed by atoms with Crippen molar-refractivity contribution in [3.05, 3.63) is 30.2 Å². The van der Waals surface area contributed by atoms with E-state index in [1.807, 2.05) is 6.07 Å². The van der Waals surface area contributed by atoms with E-state index in [0.717, 1.165) is 16.9 Å². The molecule has 0 aliphatic carbocycles. The van der Waals surface area contributed by atoms with E-state index >= 15 is 0 Å². The molecule has 2 N–H and O–H groups in total. The molecule has 0 aromatic carbocycles. The van der Waals surface area contributed by atoms with Crippen molar-refractivity contribution < 1.29 is 0 Å². The molecular weight excluding hydrogens is 126 g/mol. The van der Waals surface area contributed by atoms with Crippen LogP contribution in [0.2, 0.25) is 0 Å². The summed E-state index contributed by atoms with van der Waals surface area (Å²) >= 11 is 0. The van der Waals surface area contributed by atoms with Gasteiger partial charge in [-0.25, -0.2) is 0 Å². The summed E-state index contributed by atoms with van der Waals surface area (Å²) < 4.78 is 0. The van der Waals surface area contributed by atoms with Gasteiger partial charge in [0.05, 0.1) is 23.8 Å². The minimum Gasteiger partial charge on any atom is -0.397 e. The number of nitrogens with two attached hydrogens (primary N) is 1. The van der Waals surface area contributed by atoms with Gasteiger partial charge >= 0.3 is 0 Å². The predicted octanol–water partition coefficient (Wildman–Crippen LogP) is 0.588. The van der Waals surface area contributed by atoms with Crippen molar-refractivity contribution in [3.8, 4) is 0 Å². The van der Waals surface area contributed by atoms with Crippen LogP contribution in [0.3, 0.4) is 0 Å². The molecule has 2 rings (SSSR count). The van der Waals surface area contributed by atoms with Crippen molar-refractivity contribution in [3.63, 3.8) is 0 Å². The van der Waals surface area contributed by atoms with Crippen molar-refractivity contribution in [2.45, 2.75) is 0 Å². The molecule has 3 heteroatoms. The molecule has 0 atom stereocenters. The van der Waals surface area contributed by atoms with E-state index in [1.54, 1.807) is 18.6 Å². The van der Waals surface area contributed by atoms with E-state index in [-0.39, 0.29) is 0 Å². The Hall–Kier alpha value is -1.51. The zero-order valence-electron chi connectivity index (χ0n) is 5.28. The van der Waals surface area contributed by atoms with Crippen LogP contribution in [-0.2, 0) is 0 Å². The SMILES string of the molecule is NC1=C[N]c2cnccc21. The molecule has 0 amide bonds. The molecule has 1 aromatic heterocycles. The van der Waals surface area contributed by atoms with Gasteiger partial charge in [0.25, 0.3) is 0 Å². The van der Waals surface area contributed by atoms with Gasteiger partial charge < -0.3 is 5.73 Å². The quantitative estimate of drug-likeness (QED) is 0.561. The summed E-state index contributed by atoms with van der Waals surface area (Å²) in [5, 5.41) is 4.03. The normalized spacial score (nSPS) is 13.8. The number of hydrogen-bond acceptors (Lipinski definition) is 2. The lowest BCUT2D eigenvalue weighted by Crippen LogP contribution is -1.91. The molecule has 0 spiro atoms. The monoisotopic (exact) mass is 132 g/mol. The second kappa shape index (κ2) is 1.73. The topological polar surface area (TPSA) is 53.0 Å². The molecule has 1 aliphatic heterocycles. The second-order valence-corrected chi connectivity index (χ2v) is 2.11. The molecule has 3 nitrogen and oxygen atoms in total. The van der Waals surface area contributed by atoms with Gasteiger partial charge in [-0.2, -0.15) is 0 Å². The Balaban J connectivity index is 2.61. The van der Waals surface area contributed by atoms with Crippen LogP contribution in [0.4, 0.5) is 5.69 Å². The Morgan fingerprint density at radius 1 is 1.40 bits per heavy atom. The maximum absolute atomic E-state index is 5.59. The third-order valence-electron chi connectivity index (χ3n) is 1.45. The van der Waals surface area contributed by atoms with Gasteiger partial charge in [-0.05, 0) is 6.07 Å². The number of pyridine rings is 1. The zero-order chi connectivity index (χ0) is 6.97. The fourth-order valence-corrected chi connectivity index (χ4v) is 0.942. The maximum atomic E-state index is 5.59. The molecule has 2 heterocycles. The summed E-state index contributed by atoms with van der Waals surface area (Å²) in [6.45, 7) is 0. The summed E-state index contributed by atoms with van der Waals surface area (Å²) in [6, 6.07) is 1.86. The molecule has 10 heavy (non-hydrogen) atoms. The smallest absolute Gasteiger partial charge is 0.0907 e. The van der Waals surface area contributed by atoms with Gasteiger partial charge in [0.2, 0.25) is 0 Å². The van der Waals surface area contributed by atoms with Gasteiger partial charge in [0, 0.05) is 11.8 Å². The molecule has 0 saturated heterocycles. The Labute approximate surface area is 58.6 Å². The van der Waals surface area contributed by atoms with Crippen molar-refractivity contribution in [2.24, 2.45) is 5.73 Å². The van der Waals surface area contributed by atoms with E-state index in [4.69, 9.17) is 5.73 Å². The first-order valence-electron chi connectivity index (χ1n) is 2.99. The highest BCUT2D eigenvalue weighted by atomic mass is 14.9. The van der Waals surface area contributed by atoms with Gasteiger partial charge in [0.1, 0.15) is 0 Å². The van der Waals surface area contributed by atoms with Crippen LogP contribution >= 0.6 is 0 Å². The molecule has 49 valence electrons. The number of nitrogens with zero attached hydrogens (tertiary/aromatic N) is 2. The van der Waals surface area contributed by atoms with Crippen LogP contribution in [-0.4, -0.2) is 4.98 Å². The fourth-order valence-electron chi connectivity index (χ4n) is 0.942. The number of aromatic nitrogens is 1. The average molecular weight is 132 g/mol. The first-order valence-corrected chi connectivity index (χ1v) is 2.99. The van der Waals surface area contributed by atoms with Gasteiger partial charge in [0.15, 0.2) is 0 Å². The third-order valence-corrected chi connectivity index (χ3v) is 1.45. The molecule has 1 aromatic rings. The molecule has 1 radical (unpaired) electrons. The van der Waals surface area contributed by atoms with E-state index in [0.29, 0.717) is 0 Å². The molecule has 0 fully saturated rings. The largest absolute Gasteiger partial charge is 0.397 e. The highest BCUT2D eigenvalue weighted by Gasteiger charge is 2.10. The minimum atomic E-state index is 0.720. The minimum absolute atomic E-state index is 0.720. The zero-order valence-corrected chi connectivity index (χ0v) is 5.28. The molecule has 0 bridgehead atoms.